The van der Waals surface area contributed by atoms with Crippen LogP contribution in [0, 0.1) is 11.8 Å². The molecule has 31 heavy (non-hydrogen) atoms. The van der Waals surface area contributed by atoms with Crippen LogP contribution in [-0.2, 0) is 14.1 Å². The maximum absolute atomic E-state index is 12.3. The van der Waals surface area contributed by atoms with Gasteiger partial charge in [-0.1, -0.05) is 66.7 Å². The molecule has 1 N–H and O–H groups in total. The van der Waals surface area contributed by atoms with E-state index in [1.54, 1.807) is 5.06 Å². The van der Waals surface area contributed by atoms with Gasteiger partial charge in [0.1, 0.15) is 0 Å². The molecule has 1 saturated carbocycles. The molecular weight excluding hydrogens is 404 g/mol. The molecule has 6 heteroatoms. The average molecular weight is 457 g/mol. The molecule has 2 unspecified atom stereocenters. The third-order valence-corrected chi connectivity index (χ3v) is 11.2. The number of rotatable bonds is 12. The number of nitrogens with one attached hydrogen (secondary N) is 1. The Morgan fingerprint density at radius 1 is 1.03 bits per heavy atom. The second-order valence-electron chi connectivity index (χ2n) is 12.4. The molecule has 0 aromatic heterocycles. The van der Waals surface area contributed by atoms with Gasteiger partial charge in [0.15, 0.2) is 8.32 Å². The van der Waals surface area contributed by atoms with Gasteiger partial charge in [-0.05, 0) is 63.7 Å². The van der Waals surface area contributed by atoms with Crippen molar-refractivity contribution in [2.24, 2.45) is 11.8 Å². The number of carbonyl (C=O) groups excluding carboxylic acids is 1. The first-order valence-electron chi connectivity index (χ1n) is 12.5. The van der Waals surface area contributed by atoms with E-state index in [1.807, 2.05) is 20.8 Å². The monoisotopic (exact) mass is 456 g/mol. The summed E-state index contributed by atoms with van der Waals surface area (Å²) in [5.74, 6) is 1.19. The number of hydrogen-bond donors (Lipinski definition) is 1. The van der Waals surface area contributed by atoms with E-state index in [-0.39, 0.29) is 17.2 Å². The predicted octanol–water partition coefficient (Wildman–Crippen LogP) is 6.15. The standard InChI is InChI=1S/C25H52N2O3Si/c1-20(2)17-26-18-23(29-31(9,10)25(6,7)8)22(16-21-14-12-11-13-15-21)27(19-28)30-24(3,4)5/h19-23,26H,11-18H2,1-10H3. The highest BCUT2D eigenvalue weighted by atomic mass is 28.4. The summed E-state index contributed by atoms with van der Waals surface area (Å²) in [5, 5.41) is 5.31. The van der Waals surface area contributed by atoms with Crippen molar-refractivity contribution in [3.63, 3.8) is 0 Å². The van der Waals surface area contributed by atoms with Crippen LogP contribution in [0.4, 0.5) is 0 Å². The third-order valence-electron chi connectivity index (χ3n) is 6.69. The van der Waals surface area contributed by atoms with E-state index < -0.39 is 13.9 Å². The van der Waals surface area contributed by atoms with E-state index in [0.717, 1.165) is 25.9 Å². The molecule has 184 valence electrons. The van der Waals surface area contributed by atoms with E-state index in [1.165, 1.54) is 32.1 Å². The van der Waals surface area contributed by atoms with Gasteiger partial charge in [0.2, 0.25) is 6.41 Å². The van der Waals surface area contributed by atoms with Gasteiger partial charge in [-0.15, -0.1) is 0 Å². The molecule has 0 aromatic carbocycles. The van der Waals surface area contributed by atoms with Crippen molar-refractivity contribution in [3.05, 3.63) is 0 Å². The molecule has 5 nitrogen and oxygen atoms in total. The molecule has 0 saturated heterocycles. The average Bonchev–Trinajstić information content (AvgIpc) is 2.62. The molecular formula is C25H52N2O3Si. The Balaban J connectivity index is 3.22. The van der Waals surface area contributed by atoms with Crippen LogP contribution in [0.15, 0.2) is 0 Å². The maximum Gasteiger partial charge on any atom is 0.233 e. The Morgan fingerprint density at radius 3 is 2.06 bits per heavy atom. The van der Waals surface area contributed by atoms with Crippen LogP contribution in [0.5, 0.6) is 0 Å². The molecule has 1 fully saturated rings. The Labute approximate surface area is 194 Å². The molecule has 1 aliphatic rings. The van der Waals surface area contributed by atoms with E-state index >= 15 is 0 Å². The fourth-order valence-corrected chi connectivity index (χ4v) is 5.34. The predicted molar refractivity (Wildman–Crippen MR) is 133 cm³/mol. The molecule has 0 aromatic rings. The lowest BCUT2D eigenvalue weighted by Gasteiger charge is -2.45. The summed E-state index contributed by atoms with van der Waals surface area (Å²) in [4.78, 5) is 18.4. The van der Waals surface area contributed by atoms with Crippen molar-refractivity contribution >= 4 is 14.7 Å². The molecule has 2 atom stereocenters. The number of hydroxylamine groups is 2. The first kappa shape index (κ1) is 28.6. The van der Waals surface area contributed by atoms with Gasteiger partial charge < -0.3 is 9.74 Å². The number of amides is 1. The fraction of sp³-hybridized carbons (Fsp3) is 0.960. The zero-order valence-corrected chi connectivity index (χ0v) is 23.2. The number of carbonyl (C=O) groups is 1. The minimum atomic E-state index is -2.03. The lowest BCUT2D eigenvalue weighted by atomic mass is 9.83. The van der Waals surface area contributed by atoms with Crippen LogP contribution in [0.1, 0.15) is 93.9 Å². The van der Waals surface area contributed by atoms with E-state index in [9.17, 15) is 4.79 Å². The van der Waals surface area contributed by atoms with Crippen LogP contribution in [0.3, 0.4) is 0 Å². The first-order valence-corrected chi connectivity index (χ1v) is 15.4. The van der Waals surface area contributed by atoms with Crippen molar-refractivity contribution in [1.29, 1.82) is 0 Å². The van der Waals surface area contributed by atoms with Crippen molar-refractivity contribution in [2.45, 2.75) is 130 Å². The van der Waals surface area contributed by atoms with E-state index in [2.05, 4.69) is 53.0 Å². The van der Waals surface area contributed by atoms with Gasteiger partial charge in [-0.3, -0.25) is 9.63 Å². The Hall–Kier alpha value is -0.433. The quantitative estimate of drug-likeness (QED) is 0.217. The highest BCUT2D eigenvalue weighted by molar-refractivity contribution is 6.74. The molecule has 0 spiro atoms. The van der Waals surface area contributed by atoms with Crippen LogP contribution >= 0.6 is 0 Å². The number of hydrogen-bond acceptors (Lipinski definition) is 4. The van der Waals surface area contributed by atoms with Gasteiger partial charge in [0.25, 0.3) is 0 Å². The van der Waals surface area contributed by atoms with Crippen molar-refractivity contribution in [3.8, 4) is 0 Å². The molecule has 1 rings (SSSR count). The summed E-state index contributed by atoms with van der Waals surface area (Å²) >= 11 is 0. The van der Waals surface area contributed by atoms with Crippen LogP contribution in [0.25, 0.3) is 0 Å². The molecule has 0 aliphatic heterocycles. The van der Waals surface area contributed by atoms with Crippen molar-refractivity contribution in [2.75, 3.05) is 13.1 Å². The van der Waals surface area contributed by atoms with Crippen molar-refractivity contribution in [1.82, 2.24) is 10.4 Å². The summed E-state index contributed by atoms with van der Waals surface area (Å²) in [6.07, 6.45) is 8.12. The SMILES string of the molecule is CC(C)CNCC(O[Si](C)(C)C(C)(C)C)C(CC1CCCCC1)N(C=O)OC(C)(C)C. The summed E-state index contributed by atoms with van der Waals surface area (Å²) in [5.41, 5.74) is -0.432. The molecule has 0 bridgehead atoms. The first-order chi connectivity index (χ1) is 14.2. The minimum absolute atomic E-state index is 0.0888. The highest BCUT2D eigenvalue weighted by Gasteiger charge is 2.43. The van der Waals surface area contributed by atoms with Gasteiger partial charge in [-0.2, -0.15) is 0 Å². The summed E-state index contributed by atoms with van der Waals surface area (Å²) < 4.78 is 6.98. The third kappa shape index (κ3) is 10.4. The molecule has 0 heterocycles. The minimum Gasteiger partial charge on any atom is -0.410 e. The Bertz CT molecular complexity index is 520. The maximum atomic E-state index is 12.3. The second kappa shape index (κ2) is 12.1. The van der Waals surface area contributed by atoms with Gasteiger partial charge in [-0.25, -0.2) is 5.06 Å². The zero-order valence-electron chi connectivity index (χ0n) is 22.2. The summed E-state index contributed by atoms with van der Waals surface area (Å²) in [6, 6.07) is -0.0892. The summed E-state index contributed by atoms with van der Waals surface area (Å²) in [7, 11) is -2.03. The summed E-state index contributed by atoms with van der Waals surface area (Å²) in [6.45, 7) is 23.5. The molecule has 1 amide bonds. The van der Waals surface area contributed by atoms with Crippen molar-refractivity contribution < 1.29 is 14.1 Å². The fourth-order valence-electron chi connectivity index (χ4n) is 3.99. The highest BCUT2D eigenvalue weighted by Crippen LogP contribution is 2.39. The van der Waals surface area contributed by atoms with Crippen LogP contribution < -0.4 is 5.32 Å². The van der Waals surface area contributed by atoms with Crippen LogP contribution in [-0.4, -0.2) is 50.6 Å². The zero-order chi connectivity index (χ0) is 23.9. The number of nitrogens with zero attached hydrogens (tertiary/aromatic N) is 1. The van der Waals surface area contributed by atoms with E-state index in [4.69, 9.17) is 9.26 Å². The van der Waals surface area contributed by atoms with Gasteiger partial charge in [0, 0.05) is 6.54 Å². The van der Waals surface area contributed by atoms with Gasteiger partial charge >= 0.3 is 0 Å². The second-order valence-corrected chi connectivity index (χ2v) is 17.2. The smallest absolute Gasteiger partial charge is 0.233 e. The largest absolute Gasteiger partial charge is 0.410 e. The molecule has 1 aliphatic carbocycles. The van der Waals surface area contributed by atoms with Crippen LogP contribution in [0.2, 0.25) is 18.1 Å². The Morgan fingerprint density at radius 2 is 1.61 bits per heavy atom. The Kier molecular flexibility index (Phi) is 11.2. The lowest BCUT2D eigenvalue weighted by molar-refractivity contribution is -0.244. The topological polar surface area (TPSA) is 50.8 Å². The van der Waals surface area contributed by atoms with Gasteiger partial charge in [0.05, 0.1) is 17.7 Å². The normalized spacial score (nSPS) is 18.8. The van der Waals surface area contributed by atoms with E-state index in [0.29, 0.717) is 11.8 Å². The lowest BCUT2D eigenvalue weighted by Crippen LogP contribution is -2.56. The molecule has 0 radical (unpaired) electrons.